The Bertz CT molecular complexity index is 469. The van der Waals surface area contributed by atoms with Gasteiger partial charge < -0.3 is 10.4 Å². The van der Waals surface area contributed by atoms with Crippen molar-refractivity contribution in [2.75, 3.05) is 6.54 Å². The molecule has 2 atom stereocenters. The highest BCUT2D eigenvalue weighted by Gasteiger charge is 2.37. The van der Waals surface area contributed by atoms with E-state index < -0.39 is 11.9 Å². The quantitative estimate of drug-likeness (QED) is 0.815. The smallest absolute Gasteiger partial charge is 0.307 e. The highest BCUT2D eigenvalue weighted by Crippen LogP contribution is 2.31. The first-order valence-corrected chi connectivity index (χ1v) is 6.56. The summed E-state index contributed by atoms with van der Waals surface area (Å²) in [7, 11) is 1.85. The number of carboxylic acid groups (broad SMARTS) is 1. The molecule has 1 aromatic rings. The molecule has 104 valence electrons. The van der Waals surface area contributed by atoms with E-state index in [0.717, 1.165) is 12.0 Å². The molecule has 0 radical (unpaired) electrons. The number of carbonyl (C=O) groups is 2. The van der Waals surface area contributed by atoms with Gasteiger partial charge in [-0.25, -0.2) is 0 Å². The van der Waals surface area contributed by atoms with Crippen molar-refractivity contribution >= 4 is 11.9 Å². The van der Waals surface area contributed by atoms with Crippen LogP contribution in [0.3, 0.4) is 0 Å². The summed E-state index contributed by atoms with van der Waals surface area (Å²) < 4.78 is 1.72. The SMILES string of the molecule is Cn1cc(CCNC(=O)C2CCCC2C(=O)O)cn1. The van der Waals surface area contributed by atoms with E-state index in [4.69, 9.17) is 5.11 Å². The molecule has 0 bridgehead atoms. The van der Waals surface area contributed by atoms with Crippen molar-refractivity contribution in [3.05, 3.63) is 18.0 Å². The minimum atomic E-state index is -0.857. The molecule has 2 N–H and O–H groups in total. The van der Waals surface area contributed by atoms with Crippen molar-refractivity contribution in [3.8, 4) is 0 Å². The van der Waals surface area contributed by atoms with Crippen LogP contribution < -0.4 is 5.32 Å². The maximum Gasteiger partial charge on any atom is 0.307 e. The first kappa shape index (κ1) is 13.6. The molecule has 0 saturated heterocycles. The van der Waals surface area contributed by atoms with Crippen LogP contribution in [0.15, 0.2) is 12.4 Å². The second-order valence-electron chi connectivity index (χ2n) is 5.05. The summed E-state index contributed by atoms with van der Waals surface area (Å²) in [5, 5.41) is 15.9. The standard InChI is InChI=1S/C13H19N3O3/c1-16-8-9(7-15-16)5-6-14-12(17)10-3-2-4-11(10)13(18)19/h7-8,10-11H,2-6H2,1H3,(H,14,17)(H,18,19). The predicted molar refractivity (Wildman–Crippen MR) is 68.4 cm³/mol. The summed E-state index contributed by atoms with van der Waals surface area (Å²) in [5.41, 5.74) is 1.06. The van der Waals surface area contributed by atoms with Crippen LogP contribution in [-0.2, 0) is 23.1 Å². The zero-order chi connectivity index (χ0) is 13.8. The molecule has 19 heavy (non-hydrogen) atoms. The first-order valence-electron chi connectivity index (χ1n) is 6.56. The average Bonchev–Trinajstić information content (AvgIpc) is 2.97. The van der Waals surface area contributed by atoms with Crippen molar-refractivity contribution in [2.45, 2.75) is 25.7 Å². The topological polar surface area (TPSA) is 84.2 Å². The normalized spacial score (nSPS) is 22.4. The number of hydrogen-bond donors (Lipinski definition) is 2. The van der Waals surface area contributed by atoms with E-state index in [2.05, 4.69) is 10.4 Å². The number of rotatable bonds is 5. The number of nitrogens with one attached hydrogen (secondary N) is 1. The molecular formula is C13H19N3O3. The summed E-state index contributed by atoms with van der Waals surface area (Å²) in [6.07, 6.45) is 6.48. The Morgan fingerprint density at radius 3 is 2.84 bits per heavy atom. The van der Waals surface area contributed by atoms with Gasteiger partial charge in [0.05, 0.1) is 18.0 Å². The monoisotopic (exact) mass is 265 g/mol. The van der Waals surface area contributed by atoms with Gasteiger partial charge >= 0.3 is 5.97 Å². The lowest BCUT2D eigenvalue weighted by molar-refractivity contribution is -0.146. The van der Waals surface area contributed by atoms with Crippen molar-refractivity contribution in [1.82, 2.24) is 15.1 Å². The van der Waals surface area contributed by atoms with Crippen molar-refractivity contribution in [3.63, 3.8) is 0 Å². The Balaban J connectivity index is 1.79. The fourth-order valence-electron chi connectivity index (χ4n) is 2.63. The number of aryl methyl sites for hydroxylation is 1. The van der Waals surface area contributed by atoms with Crippen LogP contribution in [0.5, 0.6) is 0 Å². The van der Waals surface area contributed by atoms with Crippen LogP contribution in [0.1, 0.15) is 24.8 Å². The van der Waals surface area contributed by atoms with Gasteiger partial charge in [0.1, 0.15) is 0 Å². The Morgan fingerprint density at radius 1 is 1.47 bits per heavy atom. The molecule has 2 rings (SSSR count). The second-order valence-corrected chi connectivity index (χ2v) is 5.05. The number of hydrogen-bond acceptors (Lipinski definition) is 3. The summed E-state index contributed by atoms with van der Waals surface area (Å²) in [4.78, 5) is 23.0. The first-order chi connectivity index (χ1) is 9.08. The van der Waals surface area contributed by atoms with Crippen molar-refractivity contribution in [2.24, 2.45) is 18.9 Å². The summed E-state index contributed by atoms with van der Waals surface area (Å²) in [5.74, 6) is -1.87. The molecule has 6 nitrogen and oxygen atoms in total. The Kier molecular flexibility index (Phi) is 4.19. The maximum absolute atomic E-state index is 12.0. The molecule has 1 aliphatic carbocycles. The van der Waals surface area contributed by atoms with Gasteiger partial charge in [-0.15, -0.1) is 0 Å². The summed E-state index contributed by atoms with van der Waals surface area (Å²) in [6.45, 7) is 0.521. The van der Waals surface area contributed by atoms with Gasteiger partial charge in [-0.1, -0.05) is 6.42 Å². The molecule has 1 aliphatic rings. The van der Waals surface area contributed by atoms with Crippen LogP contribution in [0.4, 0.5) is 0 Å². The fraction of sp³-hybridized carbons (Fsp3) is 0.615. The lowest BCUT2D eigenvalue weighted by atomic mass is 9.95. The Morgan fingerprint density at radius 2 is 2.21 bits per heavy atom. The minimum Gasteiger partial charge on any atom is -0.481 e. The third kappa shape index (κ3) is 3.33. The molecule has 0 aromatic carbocycles. The van der Waals surface area contributed by atoms with E-state index in [1.54, 1.807) is 10.9 Å². The molecule has 1 aromatic heterocycles. The van der Waals surface area contributed by atoms with Gasteiger partial charge in [0.15, 0.2) is 0 Å². The van der Waals surface area contributed by atoms with Gasteiger partial charge in [-0.2, -0.15) is 5.10 Å². The highest BCUT2D eigenvalue weighted by molar-refractivity contribution is 5.85. The highest BCUT2D eigenvalue weighted by atomic mass is 16.4. The predicted octanol–water partition coefficient (Wildman–Crippen LogP) is 0.580. The molecule has 0 aliphatic heterocycles. The molecule has 0 spiro atoms. The van der Waals surface area contributed by atoms with Crippen LogP contribution in [0.25, 0.3) is 0 Å². The van der Waals surface area contributed by atoms with Crippen LogP contribution in [0.2, 0.25) is 0 Å². The van der Waals surface area contributed by atoms with Crippen molar-refractivity contribution < 1.29 is 14.7 Å². The second kappa shape index (κ2) is 5.86. The number of carbonyl (C=O) groups excluding carboxylic acids is 1. The number of aromatic nitrogens is 2. The van der Waals surface area contributed by atoms with Gasteiger partial charge in [-0.3, -0.25) is 14.3 Å². The minimum absolute atomic E-state index is 0.131. The van der Waals surface area contributed by atoms with Gasteiger partial charge in [0.25, 0.3) is 0 Å². The van der Waals surface area contributed by atoms with E-state index >= 15 is 0 Å². The average molecular weight is 265 g/mol. The maximum atomic E-state index is 12.0. The van der Waals surface area contributed by atoms with Gasteiger partial charge in [0, 0.05) is 19.8 Å². The summed E-state index contributed by atoms with van der Waals surface area (Å²) in [6, 6.07) is 0. The summed E-state index contributed by atoms with van der Waals surface area (Å²) >= 11 is 0. The van der Waals surface area contributed by atoms with Crippen LogP contribution in [-0.4, -0.2) is 33.3 Å². The lowest BCUT2D eigenvalue weighted by Crippen LogP contribution is -2.36. The Labute approximate surface area is 111 Å². The molecule has 1 saturated carbocycles. The Hall–Kier alpha value is -1.85. The van der Waals surface area contributed by atoms with E-state index in [-0.39, 0.29) is 11.8 Å². The van der Waals surface area contributed by atoms with Crippen LogP contribution in [0, 0.1) is 11.8 Å². The van der Waals surface area contributed by atoms with E-state index in [1.807, 2.05) is 13.2 Å². The van der Waals surface area contributed by atoms with E-state index in [9.17, 15) is 9.59 Å². The number of aliphatic carboxylic acids is 1. The molecular weight excluding hydrogens is 246 g/mol. The van der Waals surface area contributed by atoms with Crippen molar-refractivity contribution in [1.29, 1.82) is 0 Å². The number of nitrogens with zero attached hydrogens (tertiary/aromatic N) is 2. The molecule has 1 heterocycles. The molecule has 2 unspecified atom stereocenters. The zero-order valence-electron chi connectivity index (χ0n) is 11.0. The fourth-order valence-corrected chi connectivity index (χ4v) is 2.63. The molecule has 6 heteroatoms. The van der Waals surface area contributed by atoms with Gasteiger partial charge in [-0.05, 0) is 24.8 Å². The largest absolute Gasteiger partial charge is 0.481 e. The van der Waals surface area contributed by atoms with Gasteiger partial charge in [0.2, 0.25) is 5.91 Å². The third-order valence-electron chi connectivity index (χ3n) is 3.64. The van der Waals surface area contributed by atoms with Crippen LogP contribution >= 0.6 is 0 Å². The molecule has 1 amide bonds. The van der Waals surface area contributed by atoms with E-state index in [0.29, 0.717) is 25.8 Å². The number of amides is 1. The molecule has 1 fully saturated rings. The third-order valence-corrected chi connectivity index (χ3v) is 3.64. The zero-order valence-corrected chi connectivity index (χ0v) is 11.0. The lowest BCUT2D eigenvalue weighted by Gasteiger charge is -2.15. The number of carboxylic acids is 1. The van der Waals surface area contributed by atoms with E-state index in [1.165, 1.54) is 0 Å².